The highest BCUT2D eigenvalue weighted by atomic mass is 16.7. The quantitative estimate of drug-likeness (QED) is 0.481. The van der Waals surface area contributed by atoms with Gasteiger partial charge in [-0.25, -0.2) is 9.79 Å². The van der Waals surface area contributed by atoms with Crippen LogP contribution in [0.5, 0.6) is 0 Å². The summed E-state index contributed by atoms with van der Waals surface area (Å²) in [5, 5.41) is 0. The molecule has 1 heterocycles. The normalized spacial score (nSPS) is 16.4. The second-order valence-corrected chi connectivity index (χ2v) is 3.46. The van der Waals surface area contributed by atoms with Crippen molar-refractivity contribution in [3.63, 3.8) is 0 Å². The summed E-state index contributed by atoms with van der Waals surface area (Å²) in [6.07, 6.45) is 1.18. The topological polar surface area (TPSA) is 91.0 Å². The third kappa shape index (κ3) is 2.61. The minimum Gasteiger partial charge on any atom is -0.402 e. The molecule has 1 aliphatic heterocycles. The predicted octanol–water partition coefficient (Wildman–Crippen LogP) is 0.681. The molecule has 2 N–H and O–H groups in total. The van der Waals surface area contributed by atoms with E-state index in [2.05, 4.69) is 15.7 Å². The molecule has 0 radical (unpaired) electrons. The minimum absolute atomic E-state index is 0.0688. The lowest BCUT2D eigenvalue weighted by Crippen LogP contribution is -2.09. The Morgan fingerprint density at radius 2 is 2.11 bits per heavy atom. The molecule has 0 aliphatic carbocycles. The molecule has 1 aliphatic rings. The fraction of sp³-hybridized carbons (Fsp3) is 0.0833. The lowest BCUT2D eigenvalue weighted by molar-refractivity contribution is -0.143. The smallest absolute Gasteiger partial charge is 0.363 e. The lowest BCUT2D eigenvalue weighted by Gasteiger charge is -1.97. The Kier molecular flexibility index (Phi) is 3.49. The van der Waals surface area contributed by atoms with Crippen molar-refractivity contribution in [1.29, 1.82) is 0 Å². The third-order valence-electron chi connectivity index (χ3n) is 2.23. The Morgan fingerprint density at radius 3 is 2.78 bits per heavy atom. The number of cyclic esters (lactones) is 1. The van der Waals surface area contributed by atoms with Crippen LogP contribution < -0.4 is 5.90 Å². The molecule has 6 heteroatoms. The first-order valence-corrected chi connectivity index (χ1v) is 5.16. The molecule has 0 amide bonds. The number of hydrogen-bond donors (Lipinski definition) is 1. The van der Waals surface area contributed by atoms with Crippen LogP contribution in [0.1, 0.15) is 12.0 Å². The van der Waals surface area contributed by atoms with Crippen LogP contribution >= 0.6 is 0 Å². The highest BCUT2D eigenvalue weighted by Gasteiger charge is 2.23. The van der Waals surface area contributed by atoms with Gasteiger partial charge in [0, 0.05) is 5.56 Å². The van der Waals surface area contributed by atoms with Gasteiger partial charge in [-0.3, -0.25) is 4.79 Å². The van der Waals surface area contributed by atoms with E-state index in [1.165, 1.54) is 6.08 Å². The molecule has 0 unspecified atom stereocenters. The van der Waals surface area contributed by atoms with Gasteiger partial charge in [0.1, 0.15) is 5.70 Å². The molecule has 0 bridgehead atoms. The molecule has 92 valence electrons. The average molecular weight is 246 g/mol. The summed E-state index contributed by atoms with van der Waals surface area (Å²) in [6, 6.07) is 8.99. The number of esters is 1. The van der Waals surface area contributed by atoms with Gasteiger partial charge >= 0.3 is 11.9 Å². The minimum atomic E-state index is -0.654. The predicted molar refractivity (Wildman–Crippen MR) is 62.1 cm³/mol. The first-order chi connectivity index (χ1) is 8.70. The number of carbonyl (C=O) groups is 2. The van der Waals surface area contributed by atoms with E-state index in [0.717, 1.165) is 0 Å². The SMILES string of the molecule is NOC(=O)CC=C1N=C(c2ccccc2)OC1=O. The Bertz CT molecular complexity index is 534. The molecule has 0 aromatic heterocycles. The number of nitrogens with two attached hydrogens (primary N) is 1. The summed E-state index contributed by atoms with van der Waals surface area (Å²) in [4.78, 5) is 30.3. The van der Waals surface area contributed by atoms with Gasteiger partial charge in [0.15, 0.2) is 0 Å². The van der Waals surface area contributed by atoms with Crippen LogP contribution in [0.25, 0.3) is 0 Å². The fourth-order valence-electron chi connectivity index (χ4n) is 1.38. The van der Waals surface area contributed by atoms with Crippen molar-refractivity contribution in [3.8, 4) is 0 Å². The first-order valence-electron chi connectivity index (χ1n) is 5.16. The van der Waals surface area contributed by atoms with E-state index in [4.69, 9.17) is 4.74 Å². The third-order valence-corrected chi connectivity index (χ3v) is 2.23. The number of hydrogen-bond acceptors (Lipinski definition) is 6. The molecule has 6 nitrogen and oxygen atoms in total. The maximum atomic E-state index is 11.5. The zero-order chi connectivity index (χ0) is 13.0. The molecule has 1 aromatic rings. The zero-order valence-electron chi connectivity index (χ0n) is 9.33. The van der Waals surface area contributed by atoms with Crippen molar-refractivity contribution in [2.75, 3.05) is 0 Å². The van der Waals surface area contributed by atoms with E-state index in [1.807, 2.05) is 6.07 Å². The molecule has 0 atom stereocenters. The Hall–Kier alpha value is -2.47. The maximum absolute atomic E-state index is 11.5. The Balaban J connectivity index is 2.17. The number of aliphatic imine (C=N–C) groups is 1. The zero-order valence-corrected chi connectivity index (χ0v) is 9.33. The highest BCUT2D eigenvalue weighted by Crippen LogP contribution is 2.16. The molecule has 2 rings (SSSR count). The number of benzene rings is 1. The van der Waals surface area contributed by atoms with Crippen LogP contribution in [-0.2, 0) is 19.2 Å². The molecule has 1 aromatic carbocycles. The van der Waals surface area contributed by atoms with Crippen molar-refractivity contribution >= 4 is 17.8 Å². The summed E-state index contributed by atoms with van der Waals surface area (Å²) in [7, 11) is 0. The van der Waals surface area contributed by atoms with Crippen LogP contribution in [0.15, 0.2) is 47.1 Å². The molecular weight excluding hydrogens is 236 g/mol. The average Bonchev–Trinajstić information content (AvgIpc) is 2.78. The summed E-state index contributed by atoms with van der Waals surface area (Å²) in [5.74, 6) is 3.64. The van der Waals surface area contributed by atoms with Gasteiger partial charge < -0.3 is 9.57 Å². The Labute approximate surface area is 103 Å². The van der Waals surface area contributed by atoms with Gasteiger partial charge in [-0.05, 0) is 18.2 Å². The van der Waals surface area contributed by atoms with Gasteiger partial charge in [0.25, 0.3) is 0 Å². The number of nitrogens with zero attached hydrogens (tertiary/aromatic N) is 1. The largest absolute Gasteiger partial charge is 0.402 e. The van der Waals surface area contributed by atoms with Crippen molar-refractivity contribution in [3.05, 3.63) is 47.7 Å². The summed E-state index contributed by atoms with van der Waals surface area (Å²) < 4.78 is 4.99. The second kappa shape index (κ2) is 5.24. The number of rotatable bonds is 3. The van der Waals surface area contributed by atoms with Gasteiger partial charge in [-0.15, -0.1) is 0 Å². The summed E-state index contributed by atoms with van der Waals surface area (Å²) in [6.45, 7) is 0. The van der Waals surface area contributed by atoms with Gasteiger partial charge in [-0.1, -0.05) is 18.2 Å². The number of ether oxygens (including phenoxy) is 1. The Morgan fingerprint density at radius 1 is 1.39 bits per heavy atom. The van der Waals surface area contributed by atoms with E-state index in [0.29, 0.717) is 5.56 Å². The molecule has 0 fully saturated rings. The van der Waals surface area contributed by atoms with Crippen LogP contribution in [0.2, 0.25) is 0 Å². The van der Waals surface area contributed by atoms with E-state index >= 15 is 0 Å². The first kappa shape index (κ1) is 12.0. The van der Waals surface area contributed by atoms with Gasteiger partial charge in [0.05, 0.1) is 6.42 Å². The van der Waals surface area contributed by atoms with Crippen molar-refractivity contribution < 1.29 is 19.2 Å². The van der Waals surface area contributed by atoms with Gasteiger partial charge in [0.2, 0.25) is 5.90 Å². The lowest BCUT2D eigenvalue weighted by atomic mass is 10.2. The van der Waals surface area contributed by atoms with Crippen molar-refractivity contribution in [1.82, 2.24) is 0 Å². The standard InChI is InChI=1S/C12H10N2O4/c13-18-10(15)7-6-9-12(16)17-11(14-9)8-4-2-1-3-5-8/h1-6H,7,13H2. The van der Waals surface area contributed by atoms with Crippen LogP contribution in [0, 0.1) is 0 Å². The van der Waals surface area contributed by atoms with Gasteiger partial charge in [-0.2, -0.15) is 5.90 Å². The molecule has 18 heavy (non-hydrogen) atoms. The molecular formula is C12H10N2O4. The maximum Gasteiger partial charge on any atom is 0.363 e. The van der Waals surface area contributed by atoms with E-state index < -0.39 is 11.9 Å². The van der Waals surface area contributed by atoms with E-state index in [1.54, 1.807) is 24.3 Å². The summed E-state index contributed by atoms with van der Waals surface area (Å²) in [5.41, 5.74) is 0.759. The highest BCUT2D eigenvalue weighted by molar-refractivity contribution is 6.11. The number of carbonyl (C=O) groups excluding carboxylic acids is 2. The molecule has 0 spiro atoms. The van der Waals surface area contributed by atoms with E-state index in [9.17, 15) is 9.59 Å². The molecule has 0 saturated heterocycles. The summed E-state index contributed by atoms with van der Waals surface area (Å²) >= 11 is 0. The monoisotopic (exact) mass is 246 g/mol. The van der Waals surface area contributed by atoms with Crippen LogP contribution in [-0.4, -0.2) is 17.8 Å². The van der Waals surface area contributed by atoms with Crippen molar-refractivity contribution in [2.45, 2.75) is 6.42 Å². The van der Waals surface area contributed by atoms with Crippen molar-refractivity contribution in [2.24, 2.45) is 10.9 Å². The second-order valence-electron chi connectivity index (χ2n) is 3.46. The fourth-order valence-corrected chi connectivity index (χ4v) is 1.38. The van der Waals surface area contributed by atoms with Crippen LogP contribution in [0.3, 0.4) is 0 Å². The molecule has 0 saturated carbocycles. The van der Waals surface area contributed by atoms with Crippen LogP contribution in [0.4, 0.5) is 0 Å². The van der Waals surface area contributed by atoms with E-state index in [-0.39, 0.29) is 18.0 Å².